The van der Waals surface area contributed by atoms with Crippen LogP contribution >= 0.6 is 0 Å². The first-order valence-corrected chi connectivity index (χ1v) is 8.42. The number of rotatable bonds is 10. The van der Waals surface area contributed by atoms with E-state index in [2.05, 4.69) is 9.47 Å². The van der Waals surface area contributed by atoms with E-state index in [1.807, 2.05) is 0 Å². The number of carboxylic acid groups (broad SMARTS) is 1. The maximum absolute atomic E-state index is 12.6. The number of ether oxygens (including phenoxy) is 2. The van der Waals surface area contributed by atoms with Crippen molar-refractivity contribution >= 4 is 5.97 Å². The molecule has 1 aromatic rings. The van der Waals surface area contributed by atoms with Gasteiger partial charge in [-0.05, 0) is 37.3 Å². The lowest BCUT2D eigenvalue weighted by atomic mass is 9.87. The molecule has 160 valence electrons. The predicted octanol–water partition coefficient (Wildman–Crippen LogP) is 4.49. The Morgan fingerprint density at radius 1 is 1.11 bits per heavy atom. The number of carboxylic acids is 1. The lowest BCUT2D eigenvalue weighted by Gasteiger charge is -2.21. The van der Waals surface area contributed by atoms with E-state index in [-0.39, 0.29) is 31.7 Å². The lowest BCUT2D eigenvalue weighted by molar-refractivity contribution is -0.277. The Hall–Kier alpha value is -2.17. The zero-order chi connectivity index (χ0) is 21.5. The number of aliphatic carboxylic acids is 1. The number of alkyl halides is 6. The molecule has 1 rings (SSSR count). The van der Waals surface area contributed by atoms with Gasteiger partial charge in [-0.25, -0.2) is 0 Å². The number of carbonyl (C=O) groups is 1. The van der Waals surface area contributed by atoms with Crippen LogP contribution in [0.15, 0.2) is 18.2 Å². The molecule has 0 saturated heterocycles. The minimum atomic E-state index is -5.09. The summed E-state index contributed by atoms with van der Waals surface area (Å²) < 4.78 is 83.3. The molecule has 0 fully saturated rings. The molecule has 28 heavy (non-hydrogen) atoms. The van der Waals surface area contributed by atoms with E-state index in [9.17, 15) is 31.1 Å². The minimum absolute atomic E-state index is 0.123. The molecule has 0 bridgehead atoms. The highest BCUT2D eigenvalue weighted by molar-refractivity contribution is 5.70. The van der Waals surface area contributed by atoms with Crippen molar-refractivity contribution in [1.82, 2.24) is 0 Å². The van der Waals surface area contributed by atoms with Crippen molar-refractivity contribution in [1.29, 1.82) is 0 Å². The molecular formula is C17H21F6NO4. The average molecular weight is 417 g/mol. The summed E-state index contributed by atoms with van der Waals surface area (Å²) >= 11 is 0. The Bertz CT molecular complexity index is 613. The average Bonchev–Trinajstić information content (AvgIpc) is 2.53. The highest BCUT2D eigenvalue weighted by atomic mass is 19.4. The summed E-state index contributed by atoms with van der Waals surface area (Å²) in [5.41, 5.74) is 5.01. The van der Waals surface area contributed by atoms with Crippen molar-refractivity contribution in [3.8, 4) is 11.5 Å². The minimum Gasteiger partial charge on any atom is -0.481 e. The Labute approximate surface area is 157 Å². The molecule has 0 heterocycles. The third-order valence-corrected chi connectivity index (χ3v) is 4.17. The predicted molar refractivity (Wildman–Crippen MR) is 86.7 cm³/mol. The molecular weight excluding hydrogens is 396 g/mol. The van der Waals surface area contributed by atoms with Crippen molar-refractivity contribution < 1.29 is 45.7 Å². The smallest absolute Gasteiger partial charge is 0.481 e. The quantitative estimate of drug-likeness (QED) is 0.548. The zero-order valence-corrected chi connectivity index (χ0v) is 14.9. The summed E-state index contributed by atoms with van der Waals surface area (Å²) in [7, 11) is 0. The summed E-state index contributed by atoms with van der Waals surface area (Å²) in [6.45, 7) is 1.62. The van der Waals surface area contributed by atoms with E-state index in [1.54, 1.807) is 6.92 Å². The first kappa shape index (κ1) is 23.9. The van der Waals surface area contributed by atoms with Crippen LogP contribution in [0.25, 0.3) is 0 Å². The molecule has 0 aliphatic heterocycles. The van der Waals surface area contributed by atoms with Gasteiger partial charge in [0.05, 0.1) is 5.92 Å². The maximum atomic E-state index is 12.6. The molecule has 0 amide bonds. The van der Waals surface area contributed by atoms with Gasteiger partial charge in [0.25, 0.3) is 0 Å². The van der Waals surface area contributed by atoms with Crippen LogP contribution in [0.2, 0.25) is 0 Å². The third kappa shape index (κ3) is 8.24. The standard InChI is InChI=1S/C17H21F6NO4/c1-2-10(8-11(9-24)15(25)26)6-7-12-13(27-16(18,19)20)4-3-5-14(12)28-17(21,22)23/h3-5,10-11H,2,6-9,24H2,1H3,(H,25,26). The van der Waals surface area contributed by atoms with Gasteiger partial charge in [-0.1, -0.05) is 19.4 Å². The summed E-state index contributed by atoms with van der Waals surface area (Å²) in [6, 6.07) is 2.75. The first-order valence-electron chi connectivity index (χ1n) is 8.42. The molecule has 5 nitrogen and oxygen atoms in total. The molecule has 0 saturated carbocycles. The number of benzene rings is 1. The monoisotopic (exact) mass is 417 g/mol. The summed E-state index contributed by atoms with van der Waals surface area (Å²) in [5.74, 6) is -3.82. The van der Waals surface area contributed by atoms with E-state index in [1.165, 1.54) is 0 Å². The van der Waals surface area contributed by atoms with Crippen LogP contribution in [0.3, 0.4) is 0 Å². The third-order valence-electron chi connectivity index (χ3n) is 4.17. The largest absolute Gasteiger partial charge is 0.573 e. The molecule has 2 unspecified atom stereocenters. The van der Waals surface area contributed by atoms with Crippen LogP contribution in [0.4, 0.5) is 26.3 Å². The molecule has 1 aromatic carbocycles. The first-order chi connectivity index (χ1) is 12.9. The Morgan fingerprint density at radius 3 is 1.96 bits per heavy atom. The summed E-state index contributed by atoms with van der Waals surface area (Å²) in [5, 5.41) is 9.08. The fraction of sp³-hybridized carbons (Fsp3) is 0.588. The SMILES string of the molecule is CCC(CCc1c(OC(F)(F)F)cccc1OC(F)(F)F)CC(CN)C(=O)O. The zero-order valence-electron chi connectivity index (χ0n) is 14.9. The van der Waals surface area contributed by atoms with Crippen molar-refractivity contribution in [3.63, 3.8) is 0 Å². The van der Waals surface area contributed by atoms with Gasteiger partial charge in [0.2, 0.25) is 0 Å². The fourth-order valence-corrected chi connectivity index (χ4v) is 2.77. The highest BCUT2D eigenvalue weighted by Crippen LogP contribution is 2.37. The summed E-state index contributed by atoms with van der Waals surface area (Å²) in [4.78, 5) is 11.1. The highest BCUT2D eigenvalue weighted by Gasteiger charge is 2.35. The lowest BCUT2D eigenvalue weighted by Crippen LogP contribution is -2.26. The van der Waals surface area contributed by atoms with Gasteiger partial charge in [-0.15, -0.1) is 26.3 Å². The van der Waals surface area contributed by atoms with Crippen LogP contribution < -0.4 is 15.2 Å². The van der Waals surface area contributed by atoms with Crippen molar-refractivity contribution in [2.75, 3.05) is 6.54 Å². The number of hydrogen-bond donors (Lipinski definition) is 2. The van der Waals surface area contributed by atoms with E-state index >= 15 is 0 Å². The maximum Gasteiger partial charge on any atom is 0.573 e. The second-order valence-corrected chi connectivity index (χ2v) is 6.15. The van der Waals surface area contributed by atoms with Gasteiger partial charge in [0.1, 0.15) is 11.5 Å². The fourth-order valence-electron chi connectivity index (χ4n) is 2.77. The Balaban J connectivity index is 3.08. The van der Waals surface area contributed by atoms with E-state index in [4.69, 9.17) is 10.8 Å². The normalized spacial score (nSPS) is 14.4. The van der Waals surface area contributed by atoms with Gasteiger partial charge in [-0.2, -0.15) is 0 Å². The van der Waals surface area contributed by atoms with E-state index < -0.39 is 41.7 Å². The molecule has 3 N–H and O–H groups in total. The molecule has 0 aliphatic rings. The number of halogens is 6. The van der Waals surface area contributed by atoms with Crippen molar-refractivity contribution in [2.24, 2.45) is 17.6 Å². The van der Waals surface area contributed by atoms with E-state index in [0.29, 0.717) is 6.42 Å². The van der Waals surface area contributed by atoms with Crippen LogP contribution in [0.1, 0.15) is 31.7 Å². The molecule has 0 spiro atoms. The van der Waals surface area contributed by atoms with Gasteiger partial charge >= 0.3 is 18.7 Å². The second kappa shape index (κ2) is 9.85. The Morgan fingerprint density at radius 2 is 1.61 bits per heavy atom. The van der Waals surface area contributed by atoms with Gasteiger partial charge in [0.15, 0.2) is 0 Å². The second-order valence-electron chi connectivity index (χ2n) is 6.15. The molecule has 11 heteroatoms. The molecule has 0 aromatic heterocycles. The van der Waals surface area contributed by atoms with Gasteiger partial charge < -0.3 is 20.3 Å². The topological polar surface area (TPSA) is 81.8 Å². The van der Waals surface area contributed by atoms with Gasteiger partial charge in [-0.3, -0.25) is 4.79 Å². The van der Waals surface area contributed by atoms with Crippen LogP contribution in [-0.2, 0) is 11.2 Å². The Kier molecular flexibility index (Phi) is 8.40. The molecule has 2 atom stereocenters. The van der Waals surface area contributed by atoms with Crippen molar-refractivity contribution in [3.05, 3.63) is 23.8 Å². The van der Waals surface area contributed by atoms with Crippen molar-refractivity contribution in [2.45, 2.75) is 45.3 Å². The molecule has 0 aliphatic carbocycles. The number of nitrogens with two attached hydrogens (primary N) is 1. The van der Waals surface area contributed by atoms with Crippen LogP contribution in [0, 0.1) is 11.8 Å². The number of hydrogen-bond acceptors (Lipinski definition) is 4. The van der Waals surface area contributed by atoms with Crippen LogP contribution in [0.5, 0.6) is 11.5 Å². The molecule has 0 radical (unpaired) electrons. The van der Waals surface area contributed by atoms with Gasteiger partial charge in [0, 0.05) is 12.1 Å². The van der Waals surface area contributed by atoms with Crippen LogP contribution in [-0.4, -0.2) is 30.3 Å². The summed E-state index contributed by atoms with van der Waals surface area (Å²) in [6.07, 6.45) is -9.66. The van der Waals surface area contributed by atoms with E-state index in [0.717, 1.165) is 18.2 Å².